The molecule has 1 aliphatic heterocycles. The normalized spacial score (nSPS) is 14.6. The van der Waals surface area contributed by atoms with Gasteiger partial charge in [0.05, 0.1) is 0 Å². The molecule has 1 aromatic heterocycles. The van der Waals surface area contributed by atoms with Gasteiger partial charge < -0.3 is 20.9 Å². The number of carbonyl (C=O) groups excluding carboxylic acids is 2. The molecule has 7 heteroatoms. The highest BCUT2D eigenvalue weighted by Gasteiger charge is 2.21. The summed E-state index contributed by atoms with van der Waals surface area (Å²) in [6.07, 6.45) is 3.54. The van der Waals surface area contributed by atoms with Gasteiger partial charge in [-0.05, 0) is 43.2 Å². The molecule has 3 amide bonds. The summed E-state index contributed by atoms with van der Waals surface area (Å²) >= 11 is 0. The minimum absolute atomic E-state index is 0.133. The van der Waals surface area contributed by atoms with Crippen LogP contribution < -0.4 is 20.9 Å². The molecular weight excluding hydrogens is 330 g/mol. The zero-order valence-corrected chi connectivity index (χ0v) is 14.7. The van der Waals surface area contributed by atoms with Crippen LogP contribution in [0.4, 0.5) is 22.0 Å². The number of rotatable bonds is 4. The van der Waals surface area contributed by atoms with Crippen molar-refractivity contribution >= 4 is 29.1 Å². The number of nitrogens with one attached hydrogen (secondary N) is 3. The van der Waals surface area contributed by atoms with Crippen LogP contribution in [0.2, 0.25) is 0 Å². The van der Waals surface area contributed by atoms with Gasteiger partial charge in [-0.2, -0.15) is 0 Å². The Morgan fingerprint density at radius 3 is 2.42 bits per heavy atom. The van der Waals surface area contributed by atoms with Crippen LogP contribution in [0.3, 0.4) is 0 Å². The summed E-state index contributed by atoms with van der Waals surface area (Å²) in [5, 5.41) is 8.53. The second-order valence-electron chi connectivity index (χ2n) is 6.31. The number of piperidine rings is 1. The molecule has 1 saturated heterocycles. The van der Waals surface area contributed by atoms with Gasteiger partial charge in [0, 0.05) is 43.6 Å². The molecule has 0 aliphatic carbocycles. The Kier molecular flexibility index (Phi) is 5.68. The third-order valence-corrected chi connectivity index (χ3v) is 4.24. The van der Waals surface area contributed by atoms with Crippen LogP contribution in [0.1, 0.15) is 19.8 Å². The van der Waals surface area contributed by atoms with E-state index < -0.39 is 0 Å². The fraction of sp³-hybridized carbons (Fsp3) is 0.316. The lowest BCUT2D eigenvalue weighted by Gasteiger charge is -2.33. The van der Waals surface area contributed by atoms with Crippen molar-refractivity contribution in [2.75, 3.05) is 28.6 Å². The zero-order valence-electron chi connectivity index (χ0n) is 14.7. The van der Waals surface area contributed by atoms with E-state index in [1.165, 1.54) is 6.92 Å². The SMILES string of the molecule is CC(=O)Nc1cccc(NC(=O)NC2CCN(c3ccccn3)CC2)c1. The number of carbonyl (C=O) groups is 2. The predicted octanol–water partition coefficient (Wildman–Crippen LogP) is 2.83. The van der Waals surface area contributed by atoms with E-state index in [9.17, 15) is 9.59 Å². The third kappa shape index (κ3) is 4.95. The van der Waals surface area contributed by atoms with Gasteiger partial charge in [0.2, 0.25) is 5.91 Å². The first-order valence-electron chi connectivity index (χ1n) is 8.71. The Labute approximate surface area is 152 Å². The van der Waals surface area contributed by atoms with E-state index in [-0.39, 0.29) is 18.0 Å². The largest absolute Gasteiger partial charge is 0.356 e. The lowest BCUT2D eigenvalue weighted by atomic mass is 10.1. The maximum absolute atomic E-state index is 12.2. The number of pyridine rings is 1. The molecule has 2 aromatic rings. The summed E-state index contributed by atoms with van der Waals surface area (Å²) in [4.78, 5) is 29.9. The lowest BCUT2D eigenvalue weighted by molar-refractivity contribution is -0.114. The molecular formula is C19H23N5O2. The van der Waals surface area contributed by atoms with Crippen molar-refractivity contribution in [2.45, 2.75) is 25.8 Å². The number of hydrogen-bond acceptors (Lipinski definition) is 4. The van der Waals surface area contributed by atoms with E-state index in [1.807, 2.05) is 18.2 Å². The molecule has 0 radical (unpaired) electrons. The highest BCUT2D eigenvalue weighted by molar-refractivity contribution is 5.92. The third-order valence-electron chi connectivity index (χ3n) is 4.24. The van der Waals surface area contributed by atoms with Crippen LogP contribution in [-0.4, -0.2) is 36.1 Å². The second-order valence-corrected chi connectivity index (χ2v) is 6.31. The van der Waals surface area contributed by atoms with E-state index in [0.29, 0.717) is 11.4 Å². The van der Waals surface area contributed by atoms with Crippen molar-refractivity contribution in [3.8, 4) is 0 Å². The zero-order chi connectivity index (χ0) is 18.4. The Morgan fingerprint density at radius 1 is 1.04 bits per heavy atom. The maximum atomic E-state index is 12.2. The summed E-state index contributed by atoms with van der Waals surface area (Å²) in [5.41, 5.74) is 1.29. The summed E-state index contributed by atoms with van der Waals surface area (Å²) in [5.74, 6) is 0.830. The summed E-state index contributed by atoms with van der Waals surface area (Å²) < 4.78 is 0. The Balaban J connectivity index is 1.48. The van der Waals surface area contributed by atoms with Crippen LogP contribution in [-0.2, 0) is 4.79 Å². The molecule has 0 bridgehead atoms. The molecule has 0 spiro atoms. The first-order chi connectivity index (χ1) is 12.6. The van der Waals surface area contributed by atoms with Gasteiger partial charge in [0.15, 0.2) is 0 Å². The van der Waals surface area contributed by atoms with Gasteiger partial charge >= 0.3 is 6.03 Å². The van der Waals surface area contributed by atoms with Gasteiger partial charge in [-0.25, -0.2) is 9.78 Å². The first-order valence-corrected chi connectivity index (χ1v) is 8.71. The van der Waals surface area contributed by atoms with Crippen LogP contribution in [0.15, 0.2) is 48.7 Å². The van der Waals surface area contributed by atoms with Crippen molar-refractivity contribution in [1.82, 2.24) is 10.3 Å². The Hall–Kier alpha value is -3.09. The lowest BCUT2D eigenvalue weighted by Crippen LogP contribution is -2.46. The van der Waals surface area contributed by atoms with Gasteiger partial charge in [-0.3, -0.25) is 4.79 Å². The number of nitrogens with zero attached hydrogens (tertiary/aromatic N) is 2. The van der Waals surface area contributed by atoms with Crippen LogP contribution >= 0.6 is 0 Å². The van der Waals surface area contributed by atoms with Crippen molar-refractivity contribution in [3.05, 3.63) is 48.7 Å². The number of anilines is 3. The van der Waals surface area contributed by atoms with Crippen LogP contribution in [0, 0.1) is 0 Å². The molecule has 1 fully saturated rings. The predicted molar refractivity (Wildman–Crippen MR) is 102 cm³/mol. The van der Waals surface area contributed by atoms with E-state index in [0.717, 1.165) is 31.7 Å². The van der Waals surface area contributed by atoms with E-state index in [1.54, 1.807) is 30.5 Å². The molecule has 7 nitrogen and oxygen atoms in total. The number of aromatic nitrogens is 1. The highest BCUT2D eigenvalue weighted by Crippen LogP contribution is 2.18. The molecule has 0 atom stereocenters. The summed E-state index contributed by atoms with van der Waals surface area (Å²) in [7, 11) is 0. The molecule has 3 N–H and O–H groups in total. The molecule has 0 saturated carbocycles. The fourth-order valence-electron chi connectivity index (χ4n) is 3.02. The number of benzene rings is 1. The van der Waals surface area contributed by atoms with Crippen molar-refractivity contribution in [2.24, 2.45) is 0 Å². The fourth-order valence-corrected chi connectivity index (χ4v) is 3.02. The first kappa shape index (κ1) is 17.7. The highest BCUT2D eigenvalue weighted by atomic mass is 16.2. The monoisotopic (exact) mass is 353 g/mol. The minimum Gasteiger partial charge on any atom is -0.356 e. The molecule has 0 unspecified atom stereocenters. The smallest absolute Gasteiger partial charge is 0.319 e. The number of amides is 3. The van der Waals surface area contributed by atoms with Gasteiger partial charge in [-0.1, -0.05) is 12.1 Å². The Bertz CT molecular complexity index is 758. The standard InChI is InChI=1S/C19H23N5O2/c1-14(25)21-16-5-4-6-17(13-16)23-19(26)22-15-8-11-24(12-9-15)18-7-2-3-10-20-18/h2-7,10,13,15H,8-9,11-12H2,1H3,(H,21,25)(H2,22,23,26). The average Bonchev–Trinajstić information content (AvgIpc) is 2.63. The molecule has 1 aliphatic rings. The topological polar surface area (TPSA) is 86.4 Å². The molecule has 1 aromatic carbocycles. The van der Waals surface area contributed by atoms with Crippen molar-refractivity contribution in [1.29, 1.82) is 0 Å². The minimum atomic E-state index is -0.235. The van der Waals surface area contributed by atoms with Crippen LogP contribution in [0.5, 0.6) is 0 Å². The Morgan fingerprint density at radius 2 is 1.77 bits per heavy atom. The maximum Gasteiger partial charge on any atom is 0.319 e. The van der Waals surface area contributed by atoms with Crippen molar-refractivity contribution in [3.63, 3.8) is 0 Å². The summed E-state index contributed by atoms with van der Waals surface area (Å²) in [6, 6.07) is 12.9. The molecule has 26 heavy (non-hydrogen) atoms. The quantitative estimate of drug-likeness (QED) is 0.789. The number of hydrogen-bond donors (Lipinski definition) is 3. The van der Waals surface area contributed by atoms with Gasteiger partial charge in [0.1, 0.15) is 5.82 Å². The number of urea groups is 1. The molecule has 3 rings (SSSR count). The van der Waals surface area contributed by atoms with Crippen LogP contribution in [0.25, 0.3) is 0 Å². The van der Waals surface area contributed by atoms with Gasteiger partial charge in [-0.15, -0.1) is 0 Å². The summed E-state index contributed by atoms with van der Waals surface area (Å²) in [6.45, 7) is 3.17. The molecule has 136 valence electrons. The molecule has 2 heterocycles. The van der Waals surface area contributed by atoms with E-state index >= 15 is 0 Å². The van der Waals surface area contributed by atoms with Gasteiger partial charge in [0.25, 0.3) is 0 Å². The van der Waals surface area contributed by atoms with Crippen molar-refractivity contribution < 1.29 is 9.59 Å². The second kappa shape index (κ2) is 8.33. The van der Waals surface area contributed by atoms with E-state index in [4.69, 9.17) is 0 Å². The average molecular weight is 353 g/mol. The van der Waals surface area contributed by atoms with E-state index in [2.05, 4.69) is 25.8 Å².